The standard InChI is InChI=1S/C16H25N3O2/c1-20-15-9-12(11-19-7-5-17-6-8-19)16(21-2)13-3-4-18-10-14(13)15/h9,17-18H,3-8,10-11H2,1-2H3. The third kappa shape index (κ3) is 3.00. The molecule has 1 fully saturated rings. The van der Waals surface area contributed by atoms with Crippen LogP contribution in [0.4, 0.5) is 0 Å². The molecule has 0 amide bonds. The van der Waals surface area contributed by atoms with Gasteiger partial charge in [-0.1, -0.05) is 0 Å². The first-order valence-electron chi connectivity index (χ1n) is 7.73. The van der Waals surface area contributed by atoms with Gasteiger partial charge in [-0.2, -0.15) is 0 Å². The molecule has 0 unspecified atom stereocenters. The Morgan fingerprint density at radius 2 is 1.86 bits per heavy atom. The summed E-state index contributed by atoms with van der Waals surface area (Å²) in [6, 6.07) is 2.16. The molecule has 0 radical (unpaired) electrons. The molecule has 5 heteroatoms. The number of nitrogens with one attached hydrogen (secondary N) is 2. The Labute approximate surface area is 126 Å². The number of benzene rings is 1. The number of methoxy groups -OCH3 is 2. The zero-order chi connectivity index (χ0) is 14.7. The Morgan fingerprint density at radius 3 is 2.57 bits per heavy atom. The summed E-state index contributed by atoms with van der Waals surface area (Å²) in [6.07, 6.45) is 1.00. The molecule has 0 saturated carbocycles. The van der Waals surface area contributed by atoms with Gasteiger partial charge in [-0.05, 0) is 19.0 Å². The van der Waals surface area contributed by atoms with Crippen molar-refractivity contribution in [2.45, 2.75) is 19.5 Å². The van der Waals surface area contributed by atoms with E-state index in [-0.39, 0.29) is 0 Å². The van der Waals surface area contributed by atoms with Gasteiger partial charge in [0.25, 0.3) is 0 Å². The SMILES string of the molecule is COc1cc(CN2CCNCC2)c(OC)c2c1CNCC2. The average molecular weight is 291 g/mol. The molecule has 0 aromatic heterocycles. The second-order valence-corrected chi connectivity index (χ2v) is 5.68. The Kier molecular flexibility index (Phi) is 4.63. The van der Waals surface area contributed by atoms with E-state index in [4.69, 9.17) is 9.47 Å². The monoisotopic (exact) mass is 291 g/mol. The van der Waals surface area contributed by atoms with E-state index < -0.39 is 0 Å². The predicted octanol–water partition coefficient (Wildman–Crippen LogP) is 0.755. The quantitative estimate of drug-likeness (QED) is 0.857. The van der Waals surface area contributed by atoms with Crippen LogP contribution in [0, 0.1) is 0 Å². The second kappa shape index (κ2) is 6.64. The fraction of sp³-hybridized carbons (Fsp3) is 0.625. The third-order valence-electron chi connectivity index (χ3n) is 4.41. The summed E-state index contributed by atoms with van der Waals surface area (Å²) in [5.41, 5.74) is 3.82. The van der Waals surface area contributed by atoms with Crippen LogP contribution in [0.3, 0.4) is 0 Å². The lowest BCUT2D eigenvalue weighted by molar-refractivity contribution is 0.229. The zero-order valence-electron chi connectivity index (χ0n) is 13.0. The largest absolute Gasteiger partial charge is 0.496 e. The maximum absolute atomic E-state index is 5.76. The van der Waals surface area contributed by atoms with E-state index in [1.54, 1.807) is 14.2 Å². The number of nitrogens with zero attached hydrogens (tertiary/aromatic N) is 1. The van der Waals surface area contributed by atoms with Gasteiger partial charge in [0.05, 0.1) is 14.2 Å². The minimum Gasteiger partial charge on any atom is -0.496 e. The van der Waals surface area contributed by atoms with Crippen LogP contribution in [-0.2, 0) is 19.5 Å². The highest BCUT2D eigenvalue weighted by atomic mass is 16.5. The van der Waals surface area contributed by atoms with Gasteiger partial charge in [-0.3, -0.25) is 4.90 Å². The van der Waals surface area contributed by atoms with Gasteiger partial charge in [0.15, 0.2) is 0 Å². The highest BCUT2D eigenvalue weighted by Gasteiger charge is 2.23. The summed E-state index contributed by atoms with van der Waals surface area (Å²) >= 11 is 0. The van der Waals surface area contributed by atoms with Gasteiger partial charge in [0, 0.05) is 56.0 Å². The minimum atomic E-state index is 0.864. The van der Waals surface area contributed by atoms with E-state index in [9.17, 15) is 0 Å². The molecule has 5 nitrogen and oxygen atoms in total. The van der Waals surface area contributed by atoms with E-state index in [1.165, 1.54) is 16.7 Å². The van der Waals surface area contributed by atoms with Crippen molar-refractivity contribution in [2.24, 2.45) is 0 Å². The first-order chi connectivity index (χ1) is 10.3. The summed E-state index contributed by atoms with van der Waals surface area (Å²) in [5.74, 6) is 2.05. The first kappa shape index (κ1) is 14.6. The maximum atomic E-state index is 5.76. The van der Waals surface area contributed by atoms with E-state index in [0.29, 0.717) is 0 Å². The molecule has 2 N–H and O–H groups in total. The van der Waals surface area contributed by atoms with Crippen molar-refractivity contribution >= 4 is 0 Å². The van der Waals surface area contributed by atoms with Crippen molar-refractivity contribution in [2.75, 3.05) is 46.9 Å². The number of hydrogen-bond acceptors (Lipinski definition) is 5. The number of ether oxygens (including phenoxy) is 2. The molecule has 1 aromatic carbocycles. The van der Waals surface area contributed by atoms with Crippen LogP contribution in [0.2, 0.25) is 0 Å². The second-order valence-electron chi connectivity index (χ2n) is 5.68. The molecule has 2 aliphatic heterocycles. The number of hydrogen-bond donors (Lipinski definition) is 2. The van der Waals surface area contributed by atoms with Crippen molar-refractivity contribution in [3.05, 3.63) is 22.8 Å². The number of piperazine rings is 1. The van der Waals surface area contributed by atoms with E-state index in [0.717, 1.165) is 63.7 Å². The molecule has 1 aromatic rings. The van der Waals surface area contributed by atoms with Crippen LogP contribution >= 0.6 is 0 Å². The topological polar surface area (TPSA) is 45.8 Å². The van der Waals surface area contributed by atoms with Crippen LogP contribution in [0.5, 0.6) is 11.5 Å². The minimum absolute atomic E-state index is 0.864. The van der Waals surface area contributed by atoms with Crippen molar-refractivity contribution < 1.29 is 9.47 Å². The van der Waals surface area contributed by atoms with Gasteiger partial charge >= 0.3 is 0 Å². The van der Waals surface area contributed by atoms with E-state index in [2.05, 4.69) is 21.6 Å². The van der Waals surface area contributed by atoms with Crippen LogP contribution in [0.15, 0.2) is 6.07 Å². The number of rotatable bonds is 4. The Bertz CT molecular complexity index is 499. The predicted molar refractivity (Wildman–Crippen MR) is 83.1 cm³/mol. The fourth-order valence-corrected chi connectivity index (χ4v) is 3.34. The van der Waals surface area contributed by atoms with Gasteiger partial charge < -0.3 is 20.1 Å². The molecule has 0 atom stereocenters. The van der Waals surface area contributed by atoms with Crippen LogP contribution in [-0.4, -0.2) is 51.8 Å². The summed E-state index contributed by atoms with van der Waals surface area (Å²) in [4.78, 5) is 2.47. The third-order valence-corrected chi connectivity index (χ3v) is 4.41. The van der Waals surface area contributed by atoms with Crippen LogP contribution < -0.4 is 20.1 Å². The van der Waals surface area contributed by atoms with Crippen LogP contribution in [0.25, 0.3) is 0 Å². The fourth-order valence-electron chi connectivity index (χ4n) is 3.34. The highest BCUT2D eigenvalue weighted by molar-refractivity contribution is 5.54. The smallest absolute Gasteiger partial charge is 0.127 e. The van der Waals surface area contributed by atoms with Crippen molar-refractivity contribution in [3.8, 4) is 11.5 Å². The summed E-state index contributed by atoms with van der Waals surface area (Å²) in [7, 11) is 3.54. The van der Waals surface area contributed by atoms with Gasteiger partial charge in [0.1, 0.15) is 11.5 Å². The lowest BCUT2D eigenvalue weighted by Crippen LogP contribution is -2.43. The molecular weight excluding hydrogens is 266 g/mol. The molecule has 2 aliphatic rings. The molecule has 0 spiro atoms. The van der Waals surface area contributed by atoms with Gasteiger partial charge in [0.2, 0.25) is 0 Å². The zero-order valence-corrected chi connectivity index (χ0v) is 13.0. The average Bonchev–Trinajstić information content (AvgIpc) is 2.55. The van der Waals surface area contributed by atoms with Crippen molar-refractivity contribution in [1.82, 2.24) is 15.5 Å². The normalized spacial score (nSPS) is 19.1. The Morgan fingerprint density at radius 1 is 1.05 bits per heavy atom. The van der Waals surface area contributed by atoms with Crippen molar-refractivity contribution in [1.29, 1.82) is 0 Å². The summed E-state index contributed by atoms with van der Waals surface area (Å²) in [5, 5.41) is 6.81. The molecule has 0 bridgehead atoms. The highest BCUT2D eigenvalue weighted by Crippen LogP contribution is 2.36. The van der Waals surface area contributed by atoms with Gasteiger partial charge in [-0.15, -0.1) is 0 Å². The molecule has 2 heterocycles. The first-order valence-corrected chi connectivity index (χ1v) is 7.73. The molecule has 116 valence electrons. The molecule has 3 rings (SSSR count). The Balaban J connectivity index is 1.94. The van der Waals surface area contributed by atoms with Crippen LogP contribution in [0.1, 0.15) is 16.7 Å². The van der Waals surface area contributed by atoms with E-state index >= 15 is 0 Å². The summed E-state index contributed by atoms with van der Waals surface area (Å²) < 4.78 is 11.4. The summed E-state index contributed by atoms with van der Waals surface area (Å²) in [6.45, 7) is 7.10. The van der Waals surface area contributed by atoms with Crippen molar-refractivity contribution in [3.63, 3.8) is 0 Å². The molecule has 21 heavy (non-hydrogen) atoms. The Hall–Kier alpha value is -1.30. The maximum Gasteiger partial charge on any atom is 0.127 e. The van der Waals surface area contributed by atoms with E-state index in [1.807, 2.05) is 0 Å². The lowest BCUT2D eigenvalue weighted by atomic mass is 9.95. The van der Waals surface area contributed by atoms with Gasteiger partial charge in [-0.25, -0.2) is 0 Å². The molecule has 0 aliphatic carbocycles. The number of fused-ring (bicyclic) bond motifs is 1. The lowest BCUT2D eigenvalue weighted by Gasteiger charge is -2.30. The molecule has 1 saturated heterocycles. The molecular formula is C16H25N3O2.